The van der Waals surface area contributed by atoms with Crippen LogP contribution in [0.2, 0.25) is 0 Å². The summed E-state index contributed by atoms with van der Waals surface area (Å²) >= 11 is 0. The number of rotatable bonds is 3. The maximum Gasteiger partial charge on any atom is 0.373 e. The summed E-state index contributed by atoms with van der Waals surface area (Å²) in [5, 5.41) is 24.6. The molecule has 8 nitrogen and oxygen atoms in total. The average Bonchev–Trinajstić information content (AvgIpc) is 2.61. The van der Waals surface area contributed by atoms with Gasteiger partial charge < -0.3 is 5.11 Å². The Labute approximate surface area is 130 Å². The van der Waals surface area contributed by atoms with Crippen molar-refractivity contribution in [3.8, 4) is 0 Å². The molecular formula is C15H12O8. The molecule has 2 rings (SSSR count). The van der Waals surface area contributed by atoms with Gasteiger partial charge in [0.05, 0.1) is 16.7 Å². The molecule has 0 spiro atoms. The van der Waals surface area contributed by atoms with E-state index < -0.39 is 17.9 Å². The summed E-state index contributed by atoms with van der Waals surface area (Å²) in [4.78, 5) is 38.8. The van der Waals surface area contributed by atoms with Crippen LogP contribution in [0.25, 0.3) is 0 Å². The summed E-state index contributed by atoms with van der Waals surface area (Å²) in [7, 11) is 0. The van der Waals surface area contributed by atoms with Crippen molar-refractivity contribution in [1.29, 1.82) is 0 Å². The molecular weight excluding hydrogens is 308 g/mol. The summed E-state index contributed by atoms with van der Waals surface area (Å²) in [6.45, 7) is 0. The van der Waals surface area contributed by atoms with Crippen LogP contribution < -0.4 is 0 Å². The van der Waals surface area contributed by atoms with Gasteiger partial charge in [-0.15, -0.1) is 0 Å². The molecule has 0 atom stereocenters. The number of hydrogen-bond acceptors (Lipinski definition) is 7. The molecule has 3 N–H and O–H groups in total. The predicted octanol–water partition coefficient (Wildman–Crippen LogP) is 2.33. The molecule has 0 aliphatic rings. The molecule has 2 aromatic carbocycles. The van der Waals surface area contributed by atoms with Gasteiger partial charge in [0.2, 0.25) is 0 Å². The average molecular weight is 320 g/mol. The highest BCUT2D eigenvalue weighted by Crippen LogP contribution is 2.09. The van der Waals surface area contributed by atoms with E-state index in [0.29, 0.717) is 5.56 Å². The zero-order valence-electron chi connectivity index (χ0n) is 11.6. The number of hydrogen-bond donors (Lipinski definition) is 3. The van der Waals surface area contributed by atoms with Crippen molar-refractivity contribution in [3.05, 3.63) is 71.3 Å². The van der Waals surface area contributed by atoms with Crippen molar-refractivity contribution in [2.75, 3.05) is 0 Å². The number of aromatic carboxylic acids is 1. The monoisotopic (exact) mass is 320 g/mol. The minimum Gasteiger partial charge on any atom is -0.478 e. The zero-order valence-corrected chi connectivity index (χ0v) is 11.6. The van der Waals surface area contributed by atoms with Crippen LogP contribution in [0, 0.1) is 0 Å². The maximum absolute atomic E-state index is 10.8. The van der Waals surface area contributed by atoms with Crippen LogP contribution in [0.5, 0.6) is 0 Å². The van der Waals surface area contributed by atoms with E-state index in [1.54, 1.807) is 30.3 Å². The number of benzene rings is 2. The van der Waals surface area contributed by atoms with Crippen LogP contribution in [0.4, 0.5) is 0 Å². The van der Waals surface area contributed by atoms with E-state index in [0.717, 1.165) is 0 Å². The fourth-order valence-corrected chi connectivity index (χ4v) is 1.52. The lowest BCUT2D eigenvalue weighted by molar-refractivity contribution is -0.182. The maximum atomic E-state index is 10.8. The Hall–Kier alpha value is -3.23. The Morgan fingerprint density at radius 1 is 0.696 bits per heavy atom. The van der Waals surface area contributed by atoms with E-state index in [2.05, 4.69) is 9.78 Å². The molecule has 23 heavy (non-hydrogen) atoms. The molecule has 8 heteroatoms. The van der Waals surface area contributed by atoms with Crippen LogP contribution in [0.3, 0.4) is 0 Å². The third kappa shape index (κ3) is 5.23. The van der Waals surface area contributed by atoms with Crippen LogP contribution in [-0.4, -0.2) is 33.5 Å². The van der Waals surface area contributed by atoms with Gasteiger partial charge in [-0.05, 0) is 24.3 Å². The normalized spacial score (nSPS) is 9.13. The lowest BCUT2D eigenvalue weighted by Crippen LogP contribution is -2.09. The zero-order chi connectivity index (χ0) is 17.2. The third-order valence-corrected chi connectivity index (χ3v) is 2.55. The van der Waals surface area contributed by atoms with E-state index in [1.807, 2.05) is 0 Å². The smallest absolute Gasteiger partial charge is 0.373 e. The molecule has 0 heterocycles. The van der Waals surface area contributed by atoms with Gasteiger partial charge in [0.1, 0.15) is 0 Å². The topological polar surface area (TPSA) is 130 Å². The summed E-state index contributed by atoms with van der Waals surface area (Å²) < 4.78 is 0. The highest BCUT2D eigenvalue weighted by Gasteiger charge is 2.16. The SMILES string of the molecule is O=C(O)c1ccccc1C(=O)OO.O=C(OO)c1ccccc1. The second kappa shape index (κ2) is 8.93. The first-order chi connectivity index (χ1) is 11.0. The van der Waals surface area contributed by atoms with Gasteiger partial charge in [-0.2, -0.15) is 10.5 Å². The van der Waals surface area contributed by atoms with Crippen LogP contribution in [0.15, 0.2) is 54.6 Å². The summed E-state index contributed by atoms with van der Waals surface area (Å²) in [6, 6.07) is 13.7. The number of carboxylic acid groups (broad SMARTS) is 1. The van der Waals surface area contributed by atoms with E-state index in [1.165, 1.54) is 24.3 Å². The third-order valence-electron chi connectivity index (χ3n) is 2.55. The Morgan fingerprint density at radius 2 is 1.17 bits per heavy atom. The molecule has 0 saturated heterocycles. The van der Waals surface area contributed by atoms with Gasteiger partial charge >= 0.3 is 17.9 Å². The van der Waals surface area contributed by atoms with Crippen molar-refractivity contribution in [3.63, 3.8) is 0 Å². The van der Waals surface area contributed by atoms with E-state index >= 15 is 0 Å². The fourth-order valence-electron chi connectivity index (χ4n) is 1.52. The molecule has 0 fully saturated rings. The van der Waals surface area contributed by atoms with Crippen LogP contribution in [0.1, 0.15) is 31.1 Å². The van der Waals surface area contributed by atoms with Crippen molar-refractivity contribution in [2.24, 2.45) is 0 Å². The van der Waals surface area contributed by atoms with Gasteiger partial charge in [-0.3, -0.25) is 9.78 Å². The van der Waals surface area contributed by atoms with Crippen molar-refractivity contribution in [1.82, 2.24) is 0 Å². The lowest BCUT2D eigenvalue weighted by atomic mass is 10.1. The first-order valence-electron chi connectivity index (χ1n) is 6.10. The highest BCUT2D eigenvalue weighted by atomic mass is 17.1. The molecule has 120 valence electrons. The molecule has 0 saturated carbocycles. The van der Waals surface area contributed by atoms with E-state index in [4.69, 9.17) is 15.6 Å². The van der Waals surface area contributed by atoms with Gasteiger partial charge in [0.15, 0.2) is 0 Å². The van der Waals surface area contributed by atoms with Crippen LogP contribution in [-0.2, 0) is 9.78 Å². The minimum atomic E-state index is -1.25. The Balaban J connectivity index is 0.000000238. The van der Waals surface area contributed by atoms with E-state index in [-0.39, 0.29) is 11.1 Å². The number of carbonyl (C=O) groups excluding carboxylic acids is 2. The quantitative estimate of drug-likeness (QED) is 0.580. The Morgan fingerprint density at radius 3 is 1.65 bits per heavy atom. The van der Waals surface area contributed by atoms with Crippen molar-refractivity contribution in [2.45, 2.75) is 0 Å². The molecule has 0 bridgehead atoms. The minimum absolute atomic E-state index is 0.183. The summed E-state index contributed by atoms with van der Waals surface area (Å²) in [6.07, 6.45) is 0. The first-order valence-corrected chi connectivity index (χ1v) is 6.10. The number of carbonyl (C=O) groups is 3. The molecule has 0 aliphatic heterocycles. The second-order valence-corrected chi connectivity index (χ2v) is 3.97. The van der Waals surface area contributed by atoms with E-state index in [9.17, 15) is 14.4 Å². The molecule has 0 amide bonds. The van der Waals surface area contributed by atoms with Gasteiger partial charge in [-0.1, -0.05) is 30.3 Å². The summed E-state index contributed by atoms with van der Waals surface area (Å²) in [5.74, 6) is -3.07. The first kappa shape index (κ1) is 17.8. The van der Waals surface area contributed by atoms with Gasteiger partial charge in [0.25, 0.3) is 0 Å². The highest BCUT2D eigenvalue weighted by molar-refractivity contribution is 6.02. The number of carboxylic acids is 1. The molecule has 0 unspecified atom stereocenters. The fraction of sp³-hybridized carbons (Fsp3) is 0. The molecule has 0 aromatic heterocycles. The Bertz CT molecular complexity index is 681. The van der Waals surface area contributed by atoms with Crippen molar-refractivity contribution >= 4 is 17.9 Å². The lowest BCUT2D eigenvalue weighted by Gasteiger charge is -2.00. The predicted molar refractivity (Wildman–Crippen MR) is 75.9 cm³/mol. The van der Waals surface area contributed by atoms with Gasteiger partial charge in [-0.25, -0.2) is 14.4 Å². The van der Waals surface area contributed by atoms with Gasteiger partial charge in [0, 0.05) is 0 Å². The summed E-state index contributed by atoms with van der Waals surface area (Å²) in [5.41, 5.74) is -0.0518. The Kier molecular flexibility index (Phi) is 6.92. The van der Waals surface area contributed by atoms with Crippen molar-refractivity contribution < 1.29 is 39.8 Å². The van der Waals surface area contributed by atoms with Crippen LogP contribution >= 0.6 is 0 Å². The molecule has 2 aromatic rings. The largest absolute Gasteiger partial charge is 0.478 e. The standard InChI is InChI=1S/C8H6O5.C7H6O3/c9-7(10)5-3-1-2-4-6(5)8(11)13-12;8-7(10-9)6-4-2-1-3-5-6/h1-4,12H,(H,9,10);1-5,9H. The second-order valence-electron chi connectivity index (χ2n) is 3.97. The molecule has 0 radical (unpaired) electrons. The molecule has 0 aliphatic carbocycles.